The van der Waals surface area contributed by atoms with E-state index in [0.717, 1.165) is 46.6 Å². The van der Waals surface area contributed by atoms with Crippen molar-refractivity contribution in [1.82, 2.24) is 19.9 Å². The second-order valence-corrected chi connectivity index (χ2v) is 12.3. The van der Waals surface area contributed by atoms with Gasteiger partial charge < -0.3 is 9.97 Å². The van der Waals surface area contributed by atoms with E-state index in [9.17, 15) is 0 Å². The minimum absolute atomic E-state index is 0.440. The number of rotatable bonds is 4. The van der Waals surface area contributed by atoms with Gasteiger partial charge in [-0.3, -0.25) is 0 Å². The molecule has 186 valence electrons. The Bertz CT molecular complexity index is 2190. The molecule has 0 aliphatic rings. The molecule has 0 spiro atoms. The van der Waals surface area contributed by atoms with Gasteiger partial charge in [-0.05, 0) is 53.3 Å². The zero-order valence-electron chi connectivity index (χ0n) is 21.5. The average Bonchev–Trinajstić information content (AvgIpc) is 3.73. The fourth-order valence-corrected chi connectivity index (χ4v) is 7.81. The van der Waals surface area contributed by atoms with E-state index in [1.54, 1.807) is 11.3 Å². The van der Waals surface area contributed by atoms with E-state index in [-0.39, 0.29) is 0 Å². The summed E-state index contributed by atoms with van der Waals surface area (Å²) in [5.41, 5.74) is 6.92. The first kappa shape index (κ1) is 22.3. The Morgan fingerprint density at radius 1 is 0.789 bits per heavy atom. The molecule has 2 N–H and O–H groups in total. The lowest BCUT2D eigenvalue weighted by molar-refractivity contribution is 0.692. The van der Waals surface area contributed by atoms with Crippen LogP contribution in [0, 0.1) is 0 Å². The lowest BCUT2D eigenvalue weighted by Crippen LogP contribution is -1.92. The number of benzene rings is 4. The summed E-state index contributed by atoms with van der Waals surface area (Å²) in [7, 11) is 0. The number of hydrogen-bond acceptors (Lipinski definition) is 4. The van der Waals surface area contributed by atoms with Crippen LogP contribution < -0.4 is 0 Å². The highest BCUT2D eigenvalue weighted by molar-refractivity contribution is 7.26. The van der Waals surface area contributed by atoms with Crippen LogP contribution in [0.5, 0.6) is 0 Å². The van der Waals surface area contributed by atoms with Crippen LogP contribution in [0.3, 0.4) is 0 Å². The standard InChI is InChI=1S/C32H26N4S2/c1-4-16(3)32-33-24-14-22-19-8-6-18(13-26(19)38-27(22)15-25(24)34-32)17-7-9-20-23(12-17)31-21(10-11-37-31)30-29(20)35-28(5-2)36-30/h6-16H,4-5H2,1-3H3,(H,33,34)(H,35,36). The lowest BCUT2D eigenvalue weighted by atomic mass is 9.98. The van der Waals surface area contributed by atoms with Crippen LogP contribution >= 0.6 is 22.7 Å². The zero-order valence-corrected chi connectivity index (χ0v) is 23.1. The fourth-order valence-electron chi connectivity index (χ4n) is 5.72. The molecule has 38 heavy (non-hydrogen) atoms. The van der Waals surface area contributed by atoms with Crippen LogP contribution in [0.1, 0.15) is 44.8 Å². The van der Waals surface area contributed by atoms with Gasteiger partial charge in [-0.2, -0.15) is 0 Å². The highest BCUT2D eigenvalue weighted by Crippen LogP contribution is 2.41. The minimum Gasteiger partial charge on any atom is -0.342 e. The van der Waals surface area contributed by atoms with Crippen molar-refractivity contribution in [2.75, 3.05) is 0 Å². The number of thiophene rings is 2. The molecule has 4 aromatic heterocycles. The van der Waals surface area contributed by atoms with Gasteiger partial charge in [0.15, 0.2) is 0 Å². The Labute approximate surface area is 227 Å². The average molecular weight is 531 g/mol. The third-order valence-corrected chi connectivity index (χ3v) is 10.1. The van der Waals surface area contributed by atoms with Gasteiger partial charge in [0.05, 0.1) is 22.1 Å². The van der Waals surface area contributed by atoms with Gasteiger partial charge in [0.1, 0.15) is 11.6 Å². The van der Waals surface area contributed by atoms with Crippen LogP contribution in [-0.4, -0.2) is 19.9 Å². The van der Waals surface area contributed by atoms with Gasteiger partial charge in [0.2, 0.25) is 0 Å². The van der Waals surface area contributed by atoms with Crippen molar-refractivity contribution < 1.29 is 0 Å². The van der Waals surface area contributed by atoms with Crippen molar-refractivity contribution in [2.24, 2.45) is 0 Å². The summed E-state index contributed by atoms with van der Waals surface area (Å²) in [6, 6.07) is 20.5. The predicted octanol–water partition coefficient (Wildman–Crippen LogP) is 9.92. The first-order valence-electron chi connectivity index (χ1n) is 13.3. The maximum absolute atomic E-state index is 4.90. The van der Waals surface area contributed by atoms with Crippen molar-refractivity contribution in [3.63, 3.8) is 0 Å². The number of aromatic amines is 2. The van der Waals surface area contributed by atoms with E-state index in [1.165, 1.54) is 52.2 Å². The van der Waals surface area contributed by atoms with E-state index in [4.69, 9.17) is 9.97 Å². The maximum Gasteiger partial charge on any atom is 0.110 e. The SMILES string of the molecule is CCc1nc2c3ccsc3c3cc(-c4ccc5c(c4)sc4cc6nc(C(C)CC)[nH]c6cc45)ccc3c2[nH]1. The Balaban J connectivity index is 1.29. The van der Waals surface area contributed by atoms with Crippen molar-refractivity contribution in [2.45, 2.75) is 39.5 Å². The number of nitrogens with zero attached hydrogens (tertiary/aromatic N) is 2. The van der Waals surface area contributed by atoms with Gasteiger partial charge in [-0.15, -0.1) is 22.7 Å². The third kappa shape index (κ3) is 3.14. The number of nitrogens with one attached hydrogen (secondary N) is 2. The maximum atomic E-state index is 4.90. The molecular weight excluding hydrogens is 505 g/mol. The van der Waals surface area contributed by atoms with Gasteiger partial charge >= 0.3 is 0 Å². The van der Waals surface area contributed by atoms with Crippen LogP contribution in [0.4, 0.5) is 0 Å². The molecule has 4 heterocycles. The summed E-state index contributed by atoms with van der Waals surface area (Å²) < 4.78 is 3.91. The molecule has 0 saturated heterocycles. The molecule has 0 aliphatic heterocycles. The topological polar surface area (TPSA) is 57.4 Å². The molecule has 0 radical (unpaired) electrons. The van der Waals surface area contributed by atoms with Gasteiger partial charge in [-0.1, -0.05) is 45.0 Å². The normalized spacial score (nSPS) is 13.2. The number of fused-ring (bicyclic) bond motifs is 10. The van der Waals surface area contributed by atoms with Gasteiger partial charge in [0.25, 0.3) is 0 Å². The zero-order chi connectivity index (χ0) is 25.5. The largest absolute Gasteiger partial charge is 0.342 e. The number of aryl methyl sites for hydroxylation is 1. The summed E-state index contributed by atoms with van der Waals surface area (Å²) in [5.74, 6) is 2.57. The number of imidazole rings is 2. The first-order valence-corrected chi connectivity index (χ1v) is 15.0. The van der Waals surface area contributed by atoms with Gasteiger partial charge in [0, 0.05) is 53.4 Å². The molecule has 0 bridgehead atoms. The van der Waals surface area contributed by atoms with Crippen LogP contribution in [-0.2, 0) is 6.42 Å². The summed E-state index contributed by atoms with van der Waals surface area (Å²) in [6.07, 6.45) is 1.98. The molecule has 0 fully saturated rings. The molecule has 8 aromatic rings. The Hall–Kier alpha value is -3.74. The van der Waals surface area contributed by atoms with Crippen molar-refractivity contribution in [1.29, 1.82) is 0 Å². The quantitative estimate of drug-likeness (QED) is 0.238. The lowest BCUT2D eigenvalue weighted by Gasteiger charge is -2.07. The van der Waals surface area contributed by atoms with Crippen LogP contribution in [0.15, 0.2) is 60.0 Å². The first-order chi connectivity index (χ1) is 18.6. The highest BCUT2D eigenvalue weighted by atomic mass is 32.1. The Morgan fingerprint density at radius 2 is 1.61 bits per heavy atom. The van der Waals surface area contributed by atoms with E-state index in [2.05, 4.69) is 90.7 Å². The monoisotopic (exact) mass is 530 g/mol. The fraction of sp³-hybridized carbons (Fsp3) is 0.188. The van der Waals surface area contributed by atoms with Gasteiger partial charge in [-0.25, -0.2) is 9.97 Å². The summed E-state index contributed by atoms with van der Waals surface area (Å²) >= 11 is 3.66. The summed E-state index contributed by atoms with van der Waals surface area (Å²) in [5, 5.41) is 8.57. The second-order valence-electron chi connectivity index (χ2n) is 10.3. The van der Waals surface area contributed by atoms with Crippen molar-refractivity contribution >= 4 is 85.8 Å². The van der Waals surface area contributed by atoms with Crippen molar-refractivity contribution in [3.05, 3.63) is 71.6 Å². The number of H-pyrrole nitrogens is 2. The molecular formula is C32H26N4S2. The van der Waals surface area contributed by atoms with Crippen LogP contribution in [0.25, 0.3) is 74.2 Å². The molecule has 4 nitrogen and oxygen atoms in total. The molecule has 6 heteroatoms. The molecule has 0 aliphatic carbocycles. The molecule has 0 saturated carbocycles. The van der Waals surface area contributed by atoms with Crippen LogP contribution in [0.2, 0.25) is 0 Å². The van der Waals surface area contributed by atoms with E-state index in [1.807, 2.05) is 11.3 Å². The summed E-state index contributed by atoms with van der Waals surface area (Å²) in [4.78, 5) is 16.9. The molecule has 1 atom stereocenters. The second kappa shape index (κ2) is 8.13. The number of hydrogen-bond donors (Lipinski definition) is 2. The molecule has 1 unspecified atom stereocenters. The summed E-state index contributed by atoms with van der Waals surface area (Å²) in [6.45, 7) is 6.59. The molecule has 8 rings (SSSR count). The Kier molecular flexibility index (Phi) is 4.76. The minimum atomic E-state index is 0.440. The smallest absolute Gasteiger partial charge is 0.110 e. The Morgan fingerprint density at radius 3 is 2.45 bits per heavy atom. The van der Waals surface area contributed by atoms with Crippen molar-refractivity contribution in [3.8, 4) is 11.1 Å². The molecule has 0 amide bonds. The third-order valence-electron chi connectivity index (χ3n) is 8.05. The van der Waals surface area contributed by atoms with E-state index < -0.39 is 0 Å². The van der Waals surface area contributed by atoms with E-state index in [0.29, 0.717) is 5.92 Å². The highest BCUT2D eigenvalue weighted by Gasteiger charge is 2.16. The predicted molar refractivity (Wildman–Crippen MR) is 165 cm³/mol. The molecule has 4 aromatic carbocycles. The van der Waals surface area contributed by atoms with E-state index >= 15 is 0 Å². The number of aromatic nitrogens is 4.